The lowest BCUT2D eigenvalue weighted by Crippen LogP contribution is -2.04. The van der Waals surface area contributed by atoms with E-state index < -0.39 is 6.10 Å². The first-order chi connectivity index (χ1) is 8.81. The van der Waals surface area contributed by atoms with Crippen molar-refractivity contribution in [2.24, 2.45) is 0 Å². The highest BCUT2D eigenvalue weighted by Crippen LogP contribution is 2.33. The molecule has 0 spiro atoms. The van der Waals surface area contributed by atoms with Crippen LogP contribution in [0.25, 0.3) is 0 Å². The smallest absolute Gasteiger partial charge is 0.105 e. The minimum absolute atomic E-state index is 0.0340. The second-order valence-corrected chi connectivity index (χ2v) is 4.74. The van der Waals surface area contributed by atoms with E-state index in [0.29, 0.717) is 0 Å². The standard InChI is InChI=1S/C16H16O2/c17-10-12-5-3-7-15-13(12)9-8-11-4-1-2-6-14(11)16(15)18/h1-7,16-18H,8-10H2/t16-/m0/s1. The third kappa shape index (κ3) is 1.74. The van der Waals surface area contributed by atoms with Gasteiger partial charge in [0.05, 0.1) is 6.61 Å². The van der Waals surface area contributed by atoms with Gasteiger partial charge < -0.3 is 10.2 Å². The Balaban J connectivity index is 2.17. The molecule has 1 atom stereocenters. The van der Waals surface area contributed by atoms with Crippen LogP contribution in [0.1, 0.15) is 33.9 Å². The van der Waals surface area contributed by atoms with Gasteiger partial charge in [-0.25, -0.2) is 0 Å². The highest BCUT2D eigenvalue weighted by atomic mass is 16.3. The van der Waals surface area contributed by atoms with Crippen LogP contribution >= 0.6 is 0 Å². The summed E-state index contributed by atoms with van der Waals surface area (Å²) in [4.78, 5) is 0. The van der Waals surface area contributed by atoms with Crippen molar-refractivity contribution >= 4 is 0 Å². The summed E-state index contributed by atoms with van der Waals surface area (Å²) in [5.74, 6) is 0. The van der Waals surface area contributed by atoms with E-state index in [0.717, 1.165) is 35.1 Å². The lowest BCUT2D eigenvalue weighted by Gasteiger charge is -2.15. The molecule has 92 valence electrons. The van der Waals surface area contributed by atoms with Crippen LogP contribution < -0.4 is 0 Å². The number of hydrogen-bond donors (Lipinski definition) is 2. The molecule has 2 N–H and O–H groups in total. The molecule has 0 unspecified atom stereocenters. The van der Waals surface area contributed by atoms with Crippen molar-refractivity contribution < 1.29 is 10.2 Å². The van der Waals surface area contributed by atoms with Gasteiger partial charge in [0.1, 0.15) is 6.10 Å². The molecule has 2 nitrogen and oxygen atoms in total. The molecule has 2 heteroatoms. The van der Waals surface area contributed by atoms with Crippen molar-refractivity contribution in [1.82, 2.24) is 0 Å². The van der Waals surface area contributed by atoms with E-state index >= 15 is 0 Å². The van der Waals surface area contributed by atoms with Gasteiger partial charge in [0, 0.05) is 0 Å². The van der Waals surface area contributed by atoms with Gasteiger partial charge in [-0.15, -0.1) is 0 Å². The van der Waals surface area contributed by atoms with E-state index in [9.17, 15) is 10.2 Å². The maximum absolute atomic E-state index is 10.5. The minimum Gasteiger partial charge on any atom is -0.392 e. The van der Waals surface area contributed by atoms with Crippen LogP contribution in [0.15, 0.2) is 42.5 Å². The molecule has 0 saturated heterocycles. The average Bonchev–Trinajstić information content (AvgIpc) is 2.57. The Bertz CT molecular complexity index is 575. The summed E-state index contributed by atoms with van der Waals surface area (Å²) in [6.45, 7) is 0.0340. The van der Waals surface area contributed by atoms with Gasteiger partial charge in [-0.05, 0) is 40.7 Å². The fraction of sp³-hybridized carbons (Fsp3) is 0.250. The van der Waals surface area contributed by atoms with Gasteiger partial charge in [-0.1, -0.05) is 42.5 Å². The van der Waals surface area contributed by atoms with Gasteiger partial charge in [-0.2, -0.15) is 0 Å². The largest absolute Gasteiger partial charge is 0.392 e. The highest BCUT2D eigenvalue weighted by Gasteiger charge is 2.22. The first kappa shape index (κ1) is 11.5. The highest BCUT2D eigenvalue weighted by molar-refractivity contribution is 5.45. The van der Waals surface area contributed by atoms with Crippen LogP contribution in [0, 0.1) is 0 Å². The Morgan fingerprint density at radius 1 is 0.944 bits per heavy atom. The molecule has 0 bridgehead atoms. The average molecular weight is 240 g/mol. The number of benzene rings is 2. The number of hydrogen-bond acceptors (Lipinski definition) is 2. The lowest BCUT2D eigenvalue weighted by molar-refractivity contribution is 0.219. The molecule has 0 saturated carbocycles. The molecule has 3 rings (SSSR count). The third-order valence-electron chi connectivity index (χ3n) is 3.77. The lowest BCUT2D eigenvalue weighted by atomic mass is 9.94. The molecular formula is C16H16O2. The maximum Gasteiger partial charge on any atom is 0.105 e. The summed E-state index contributed by atoms with van der Waals surface area (Å²) < 4.78 is 0. The SMILES string of the molecule is OCc1cccc2c1CCc1ccccc1[C@@H]2O. The third-order valence-corrected chi connectivity index (χ3v) is 3.77. The fourth-order valence-corrected chi connectivity index (χ4v) is 2.82. The predicted octanol–water partition coefficient (Wildman–Crippen LogP) is 2.36. The zero-order valence-corrected chi connectivity index (χ0v) is 10.1. The maximum atomic E-state index is 10.5. The summed E-state index contributed by atoms with van der Waals surface area (Å²) in [5, 5.41) is 19.9. The van der Waals surface area contributed by atoms with Gasteiger partial charge in [0.25, 0.3) is 0 Å². The van der Waals surface area contributed by atoms with Crippen LogP contribution in [-0.2, 0) is 19.4 Å². The van der Waals surface area contributed by atoms with Gasteiger partial charge >= 0.3 is 0 Å². The molecule has 0 fully saturated rings. The van der Waals surface area contributed by atoms with E-state index in [-0.39, 0.29) is 6.61 Å². The fourth-order valence-electron chi connectivity index (χ4n) is 2.82. The summed E-state index contributed by atoms with van der Waals surface area (Å²) in [6.07, 6.45) is 1.21. The van der Waals surface area contributed by atoms with E-state index in [1.807, 2.05) is 36.4 Å². The molecule has 2 aromatic carbocycles. The zero-order valence-electron chi connectivity index (χ0n) is 10.1. The Labute approximate surface area is 107 Å². The number of aryl methyl sites for hydroxylation is 1. The monoisotopic (exact) mass is 240 g/mol. The molecule has 18 heavy (non-hydrogen) atoms. The van der Waals surface area contributed by atoms with Crippen molar-refractivity contribution in [2.45, 2.75) is 25.6 Å². The second kappa shape index (κ2) is 4.56. The van der Waals surface area contributed by atoms with Crippen LogP contribution in [0.4, 0.5) is 0 Å². The number of fused-ring (bicyclic) bond motifs is 2. The Hall–Kier alpha value is -1.64. The number of rotatable bonds is 1. The van der Waals surface area contributed by atoms with Crippen molar-refractivity contribution in [3.05, 3.63) is 70.3 Å². The molecule has 1 aliphatic carbocycles. The van der Waals surface area contributed by atoms with E-state index in [4.69, 9.17) is 0 Å². The summed E-state index contributed by atoms with van der Waals surface area (Å²) >= 11 is 0. The molecule has 0 heterocycles. The quantitative estimate of drug-likeness (QED) is 0.803. The molecule has 0 radical (unpaired) electrons. The first-order valence-electron chi connectivity index (χ1n) is 6.28. The van der Waals surface area contributed by atoms with Crippen molar-refractivity contribution in [1.29, 1.82) is 0 Å². The molecule has 2 aromatic rings. The van der Waals surface area contributed by atoms with Gasteiger partial charge in [-0.3, -0.25) is 0 Å². The van der Waals surface area contributed by atoms with Crippen LogP contribution in [0.5, 0.6) is 0 Å². The molecule has 0 aliphatic heterocycles. The minimum atomic E-state index is -0.579. The van der Waals surface area contributed by atoms with Crippen LogP contribution in [0.3, 0.4) is 0 Å². The Morgan fingerprint density at radius 3 is 2.56 bits per heavy atom. The van der Waals surface area contributed by atoms with Gasteiger partial charge in [0.2, 0.25) is 0 Å². The molecule has 0 amide bonds. The summed E-state index contributed by atoms with van der Waals surface area (Å²) in [6, 6.07) is 13.8. The van der Waals surface area contributed by atoms with E-state index in [1.165, 1.54) is 5.56 Å². The predicted molar refractivity (Wildman–Crippen MR) is 70.3 cm³/mol. The van der Waals surface area contributed by atoms with Crippen molar-refractivity contribution in [3.63, 3.8) is 0 Å². The molecule has 0 aromatic heterocycles. The first-order valence-corrected chi connectivity index (χ1v) is 6.28. The Morgan fingerprint density at radius 2 is 1.72 bits per heavy atom. The number of aliphatic hydroxyl groups excluding tert-OH is 2. The number of aliphatic hydroxyl groups is 2. The van der Waals surface area contributed by atoms with Crippen LogP contribution in [-0.4, -0.2) is 10.2 Å². The molecular weight excluding hydrogens is 224 g/mol. The zero-order chi connectivity index (χ0) is 12.5. The summed E-state index contributed by atoms with van der Waals surface area (Å²) in [7, 11) is 0. The Kier molecular flexibility index (Phi) is 2.90. The van der Waals surface area contributed by atoms with E-state index in [1.54, 1.807) is 0 Å². The van der Waals surface area contributed by atoms with Crippen molar-refractivity contribution in [2.75, 3.05) is 0 Å². The van der Waals surface area contributed by atoms with Crippen LogP contribution in [0.2, 0.25) is 0 Å². The van der Waals surface area contributed by atoms with Gasteiger partial charge in [0.15, 0.2) is 0 Å². The van der Waals surface area contributed by atoms with E-state index in [2.05, 4.69) is 6.07 Å². The topological polar surface area (TPSA) is 40.5 Å². The normalized spacial score (nSPS) is 17.8. The molecule has 1 aliphatic rings. The van der Waals surface area contributed by atoms with Crippen molar-refractivity contribution in [3.8, 4) is 0 Å². The second-order valence-electron chi connectivity index (χ2n) is 4.74. The summed E-state index contributed by atoms with van der Waals surface area (Å²) in [5.41, 5.74) is 5.16.